The first-order valence-electron chi connectivity index (χ1n) is 9.88. The molecule has 2 fully saturated rings. The van der Waals surface area contributed by atoms with Gasteiger partial charge in [-0.1, -0.05) is 25.5 Å². The van der Waals surface area contributed by atoms with Crippen molar-refractivity contribution in [1.82, 2.24) is 10.6 Å². The standard InChI is InChI=1S/C21H34N2/c1-11-6-12(2)18-16(7-11)10-17-9-15(5)23-21(17)19(18)20-13(3)8-14(4)22-20/h6,11,13-18,20,22-23H,7-10H2,1-5H3. The molecule has 0 amide bonds. The molecule has 0 spiro atoms. The van der Waals surface area contributed by atoms with E-state index in [2.05, 4.69) is 51.3 Å². The van der Waals surface area contributed by atoms with Gasteiger partial charge in [0.25, 0.3) is 0 Å². The van der Waals surface area contributed by atoms with Crippen molar-refractivity contribution in [1.29, 1.82) is 0 Å². The van der Waals surface area contributed by atoms with Gasteiger partial charge in [-0.3, -0.25) is 0 Å². The average Bonchev–Trinajstić information content (AvgIpc) is 2.97. The van der Waals surface area contributed by atoms with Crippen LogP contribution in [0, 0.1) is 29.6 Å². The Bertz CT molecular complexity index is 546. The molecule has 8 atom stereocenters. The van der Waals surface area contributed by atoms with Gasteiger partial charge in [-0.25, -0.2) is 0 Å². The third-order valence-corrected chi connectivity index (χ3v) is 6.96. The lowest BCUT2D eigenvalue weighted by Gasteiger charge is -2.44. The van der Waals surface area contributed by atoms with Crippen molar-refractivity contribution in [2.24, 2.45) is 29.6 Å². The van der Waals surface area contributed by atoms with Gasteiger partial charge < -0.3 is 10.6 Å². The Labute approximate surface area is 142 Å². The molecular formula is C21H34N2. The van der Waals surface area contributed by atoms with Crippen molar-refractivity contribution in [3.05, 3.63) is 22.9 Å². The molecule has 0 bridgehead atoms. The average molecular weight is 315 g/mol. The smallest absolute Gasteiger partial charge is 0.0334 e. The maximum atomic E-state index is 3.94. The number of allylic oxidation sites excluding steroid dienone is 3. The SMILES string of the molecule is CC1=CC(C)CC2CC3CC(C)NC3=C(C3NC(C)CC3C)C12. The molecule has 2 heteroatoms. The van der Waals surface area contributed by atoms with Gasteiger partial charge in [0.1, 0.15) is 0 Å². The van der Waals surface area contributed by atoms with Gasteiger partial charge in [-0.2, -0.15) is 0 Å². The lowest BCUT2D eigenvalue weighted by molar-refractivity contribution is 0.243. The van der Waals surface area contributed by atoms with Crippen LogP contribution in [0.2, 0.25) is 0 Å². The van der Waals surface area contributed by atoms with E-state index >= 15 is 0 Å². The van der Waals surface area contributed by atoms with E-state index < -0.39 is 0 Å². The summed E-state index contributed by atoms with van der Waals surface area (Å²) in [5, 5.41) is 7.84. The lowest BCUT2D eigenvalue weighted by atomic mass is 9.62. The Kier molecular flexibility index (Phi) is 3.87. The summed E-state index contributed by atoms with van der Waals surface area (Å²) in [6, 6.07) is 1.90. The second-order valence-corrected chi connectivity index (χ2v) is 9.20. The van der Waals surface area contributed by atoms with Crippen molar-refractivity contribution in [3.8, 4) is 0 Å². The summed E-state index contributed by atoms with van der Waals surface area (Å²) in [4.78, 5) is 0. The monoisotopic (exact) mass is 314 g/mol. The van der Waals surface area contributed by atoms with Crippen LogP contribution in [0.5, 0.6) is 0 Å². The van der Waals surface area contributed by atoms with Crippen LogP contribution in [0.3, 0.4) is 0 Å². The molecule has 2 aliphatic heterocycles. The molecule has 2 N–H and O–H groups in total. The van der Waals surface area contributed by atoms with Gasteiger partial charge in [0.2, 0.25) is 0 Å². The molecule has 0 aromatic heterocycles. The van der Waals surface area contributed by atoms with Crippen molar-refractivity contribution < 1.29 is 0 Å². The Morgan fingerprint density at radius 3 is 2.43 bits per heavy atom. The first-order valence-corrected chi connectivity index (χ1v) is 9.88. The summed E-state index contributed by atoms with van der Waals surface area (Å²) in [7, 11) is 0. The molecule has 128 valence electrons. The number of hydrogen-bond donors (Lipinski definition) is 2. The van der Waals surface area contributed by atoms with E-state index in [1.807, 2.05) is 0 Å². The van der Waals surface area contributed by atoms with Gasteiger partial charge in [-0.15, -0.1) is 0 Å². The lowest BCUT2D eigenvalue weighted by Crippen LogP contribution is -2.43. The van der Waals surface area contributed by atoms with Crippen LogP contribution in [0.25, 0.3) is 0 Å². The second kappa shape index (κ2) is 5.65. The fourth-order valence-electron chi connectivity index (χ4n) is 6.38. The highest BCUT2D eigenvalue weighted by molar-refractivity contribution is 5.38. The van der Waals surface area contributed by atoms with E-state index in [0.29, 0.717) is 24.0 Å². The Morgan fingerprint density at radius 1 is 0.957 bits per heavy atom. The van der Waals surface area contributed by atoms with Crippen molar-refractivity contribution in [2.45, 2.75) is 78.4 Å². The van der Waals surface area contributed by atoms with E-state index in [0.717, 1.165) is 23.7 Å². The Hall–Kier alpha value is -0.760. The molecule has 4 rings (SSSR count). The van der Waals surface area contributed by atoms with Crippen LogP contribution in [-0.4, -0.2) is 18.1 Å². The Morgan fingerprint density at radius 2 is 1.74 bits per heavy atom. The topological polar surface area (TPSA) is 24.1 Å². The normalized spacial score (nSPS) is 49.5. The first-order chi connectivity index (χ1) is 10.9. The van der Waals surface area contributed by atoms with E-state index in [1.165, 1.54) is 25.7 Å². The van der Waals surface area contributed by atoms with Crippen molar-refractivity contribution >= 4 is 0 Å². The first kappa shape index (κ1) is 15.7. The molecular weight excluding hydrogens is 280 g/mol. The third kappa shape index (κ3) is 2.58. The maximum Gasteiger partial charge on any atom is 0.0334 e. The van der Waals surface area contributed by atoms with Gasteiger partial charge in [-0.05, 0) is 69.8 Å². The quantitative estimate of drug-likeness (QED) is 0.707. The van der Waals surface area contributed by atoms with E-state index in [9.17, 15) is 0 Å². The minimum atomic E-state index is 0.588. The predicted octanol–water partition coefficient (Wildman–Crippen LogP) is 4.25. The van der Waals surface area contributed by atoms with Gasteiger partial charge in [0, 0.05) is 35.7 Å². The highest BCUT2D eigenvalue weighted by Gasteiger charge is 2.47. The Balaban J connectivity index is 1.79. The highest BCUT2D eigenvalue weighted by atomic mass is 15.0. The zero-order chi connectivity index (χ0) is 16.3. The zero-order valence-electron chi connectivity index (χ0n) is 15.5. The predicted molar refractivity (Wildman–Crippen MR) is 97.0 cm³/mol. The van der Waals surface area contributed by atoms with Gasteiger partial charge >= 0.3 is 0 Å². The van der Waals surface area contributed by atoms with Gasteiger partial charge in [0.15, 0.2) is 0 Å². The fourth-order valence-corrected chi connectivity index (χ4v) is 6.38. The fraction of sp³-hybridized carbons (Fsp3) is 0.810. The molecule has 8 unspecified atom stereocenters. The van der Waals surface area contributed by atoms with Crippen molar-refractivity contribution in [2.75, 3.05) is 0 Å². The molecule has 2 saturated heterocycles. The summed E-state index contributed by atoms with van der Waals surface area (Å²) in [5.41, 5.74) is 5.04. The summed E-state index contributed by atoms with van der Waals surface area (Å²) in [6.07, 6.45) is 8.02. The summed E-state index contributed by atoms with van der Waals surface area (Å²) < 4.78 is 0. The molecule has 4 aliphatic rings. The van der Waals surface area contributed by atoms with E-state index in [4.69, 9.17) is 0 Å². The molecule has 2 heterocycles. The molecule has 0 aromatic carbocycles. The number of nitrogens with one attached hydrogen (secondary N) is 2. The van der Waals surface area contributed by atoms with Crippen molar-refractivity contribution in [3.63, 3.8) is 0 Å². The third-order valence-electron chi connectivity index (χ3n) is 6.96. The van der Waals surface area contributed by atoms with Crippen LogP contribution < -0.4 is 10.6 Å². The minimum absolute atomic E-state index is 0.588. The second-order valence-electron chi connectivity index (χ2n) is 9.20. The summed E-state index contributed by atoms with van der Waals surface area (Å²) in [5.74, 6) is 3.89. The van der Waals surface area contributed by atoms with Crippen LogP contribution in [0.1, 0.15) is 60.3 Å². The molecule has 0 saturated carbocycles. The largest absolute Gasteiger partial charge is 0.386 e. The molecule has 2 aliphatic carbocycles. The summed E-state index contributed by atoms with van der Waals surface area (Å²) >= 11 is 0. The van der Waals surface area contributed by atoms with Crippen LogP contribution in [-0.2, 0) is 0 Å². The van der Waals surface area contributed by atoms with Crippen LogP contribution in [0.15, 0.2) is 22.9 Å². The zero-order valence-corrected chi connectivity index (χ0v) is 15.5. The van der Waals surface area contributed by atoms with Gasteiger partial charge in [0.05, 0.1) is 0 Å². The number of rotatable bonds is 1. The molecule has 2 nitrogen and oxygen atoms in total. The number of fused-ring (bicyclic) bond motifs is 2. The molecule has 23 heavy (non-hydrogen) atoms. The van der Waals surface area contributed by atoms with E-state index in [1.54, 1.807) is 16.8 Å². The summed E-state index contributed by atoms with van der Waals surface area (Å²) in [6.45, 7) is 12.0. The maximum absolute atomic E-state index is 3.94. The van der Waals surface area contributed by atoms with Crippen LogP contribution in [0.4, 0.5) is 0 Å². The number of hydrogen-bond acceptors (Lipinski definition) is 2. The molecule has 0 radical (unpaired) electrons. The highest BCUT2D eigenvalue weighted by Crippen LogP contribution is 2.52. The minimum Gasteiger partial charge on any atom is -0.386 e. The molecule has 0 aromatic rings. The van der Waals surface area contributed by atoms with E-state index in [-0.39, 0.29) is 0 Å². The van der Waals surface area contributed by atoms with Crippen LogP contribution >= 0.6 is 0 Å².